The minimum absolute atomic E-state index is 0.0858. The van der Waals surface area contributed by atoms with Crippen molar-refractivity contribution >= 4 is 39.0 Å². The molecule has 0 fully saturated rings. The van der Waals surface area contributed by atoms with Gasteiger partial charge in [-0.05, 0) is 30.9 Å². The lowest BCUT2D eigenvalue weighted by Crippen LogP contribution is -2.20. The van der Waals surface area contributed by atoms with Crippen LogP contribution in [0.25, 0.3) is 10.2 Å². The Morgan fingerprint density at radius 2 is 2.23 bits per heavy atom. The fourth-order valence-electron chi connectivity index (χ4n) is 3.10. The Morgan fingerprint density at radius 3 is 2.96 bits per heavy atom. The van der Waals surface area contributed by atoms with E-state index in [1.165, 1.54) is 39.4 Å². The number of nitro groups is 1. The van der Waals surface area contributed by atoms with Crippen LogP contribution in [0.15, 0.2) is 33.0 Å². The first-order valence-electron chi connectivity index (χ1n) is 7.87. The number of nitrogens with zero attached hydrogens (tertiary/aromatic N) is 4. The molecule has 2 heterocycles. The Kier molecular flexibility index (Phi) is 4.01. The molecule has 3 aromatic rings. The van der Waals surface area contributed by atoms with Gasteiger partial charge in [0.25, 0.3) is 11.2 Å². The van der Waals surface area contributed by atoms with Crippen molar-refractivity contribution in [1.82, 2.24) is 9.55 Å². The maximum absolute atomic E-state index is 12.8. The Morgan fingerprint density at radius 1 is 1.42 bits per heavy atom. The van der Waals surface area contributed by atoms with E-state index < -0.39 is 4.92 Å². The predicted octanol–water partition coefficient (Wildman–Crippen LogP) is 3.41. The van der Waals surface area contributed by atoms with Gasteiger partial charge in [-0.2, -0.15) is 5.26 Å². The zero-order valence-corrected chi connectivity index (χ0v) is 15.3. The highest BCUT2D eigenvalue weighted by Crippen LogP contribution is 2.37. The molecule has 0 N–H and O–H groups in total. The van der Waals surface area contributed by atoms with Crippen LogP contribution >= 0.6 is 23.1 Å². The summed E-state index contributed by atoms with van der Waals surface area (Å²) in [4.78, 5) is 30.3. The molecule has 130 valence electrons. The number of aryl methyl sites for hydroxylation is 2. The summed E-state index contributed by atoms with van der Waals surface area (Å²) in [6.45, 7) is 0. The van der Waals surface area contributed by atoms with Gasteiger partial charge in [-0.15, -0.1) is 11.3 Å². The SMILES string of the molecule is Cn1c(Sc2ccc([N+](=O)[O-])cc2C#N)nc2sc3c(c2c1=O)CCC3. The molecule has 0 spiro atoms. The van der Waals surface area contributed by atoms with Crippen LogP contribution in [-0.4, -0.2) is 14.5 Å². The molecule has 26 heavy (non-hydrogen) atoms. The molecular formula is C17H12N4O3S2. The maximum atomic E-state index is 12.8. The van der Waals surface area contributed by atoms with Gasteiger partial charge < -0.3 is 0 Å². The molecule has 9 heteroatoms. The molecule has 0 atom stereocenters. The topological polar surface area (TPSA) is 102 Å². The second kappa shape index (κ2) is 6.23. The summed E-state index contributed by atoms with van der Waals surface area (Å²) in [6.07, 6.45) is 2.98. The summed E-state index contributed by atoms with van der Waals surface area (Å²) in [6, 6.07) is 6.08. The van der Waals surface area contributed by atoms with Crippen LogP contribution in [0, 0.1) is 21.4 Å². The number of benzene rings is 1. The number of non-ortho nitro benzene ring substituents is 1. The number of thiophene rings is 1. The third-order valence-corrected chi connectivity index (χ3v) is 6.71. The number of hydrogen-bond acceptors (Lipinski definition) is 7. The van der Waals surface area contributed by atoms with Crippen molar-refractivity contribution in [2.75, 3.05) is 0 Å². The minimum atomic E-state index is -0.539. The average Bonchev–Trinajstić information content (AvgIpc) is 3.20. The van der Waals surface area contributed by atoms with E-state index in [1.54, 1.807) is 18.4 Å². The van der Waals surface area contributed by atoms with Crippen molar-refractivity contribution in [3.05, 3.63) is 54.7 Å². The second-order valence-electron chi connectivity index (χ2n) is 5.95. The fourth-order valence-corrected chi connectivity index (χ4v) is 5.32. The lowest BCUT2D eigenvalue weighted by atomic mass is 10.2. The molecule has 0 unspecified atom stereocenters. The third-order valence-electron chi connectivity index (χ3n) is 4.40. The summed E-state index contributed by atoms with van der Waals surface area (Å²) >= 11 is 2.73. The number of fused-ring (bicyclic) bond motifs is 3. The summed E-state index contributed by atoms with van der Waals surface area (Å²) in [5.41, 5.74) is 1.09. The molecule has 7 nitrogen and oxygen atoms in total. The Balaban J connectivity index is 1.81. The largest absolute Gasteiger partial charge is 0.290 e. The van der Waals surface area contributed by atoms with E-state index in [4.69, 9.17) is 0 Å². The lowest BCUT2D eigenvalue weighted by molar-refractivity contribution is -0.384. The van der Waals surface area contributed by atoms with Crippen molar-refractivity contribution in [3.63, 3.8) is 0 Å². The standard InChI is InChI=1S/C17H12N4O3S2/c1-20-16(22)14-11-3-2-4-13(11)25-15(14)19-17(20)26-12-6-5-10(21(23)24)7-9(12)8-18/h5-7H,2-4H2,1H3. The van der Waals surface area contributed by atoms with Gasteiger partial charge in [-0.25, -0.2) is 4.98 Å². The zero-order chi connectivity index (χ0) is 18.4. The monoisotopic (exact) mass is 384 g/mol. The molecule has 1 aliphatic carbocycles. The highest BCUT2D eigenvalue weighted by atomic mass is 32.2. The van der Waals surface area contributed by atoms with Crippen LogP contribution in [0.2, 0.25) is 0 Å². The number of nitriles is 1. The lowest BCUT2D eigenvalue weighted by Gasteiger charge is -2.08. The molecule has 0 saturated carbocycles. The Labute approximate surface area is 156 Å². The molecular weight excluding hydrogens is 372 g/mol. The molecule has 4 rings (SSSR count). The van der Waals surface area contributed by atoms with Crippen LogP contribution in [0.3, 0.4) is 0 Å². The summed E-state index contributed by atoms with van der Waals surface area (Å²) in [7, 11) is 1.66. The normalized spacial score (nSPS) is 12.9. The van der Waals surface area contributed by atoms with E-state index in [2.05, 4.69) is 4.98 Å². The van der Waals surface area contributed by atoms with Crippen LogP contribution in [0.1, 0.15) is 22.4 Å². The van der Waals surface area contributed by atoms with Crippen molar-refractivity contribution in [2.45, 2.75) is 29.3 Å². The van der Waals surface area contributed by atoms with Gasteiger partial charge in [0.1, 0.15) is 10.9 Å². The minimum Gasteiger partial charge on any atom is -0.290 e. The maximum Gasteiger partial charge on any atom is 0.270 e. The zero-order valence-electron chi connectivity index (χ0n) is 13.7. The van der Waals surface area contributed by atoms with Crippen LogP contribution < -0.4 is 5.56 Å². The number of rotatable bonds is 3. The first-order valence-corrected chi connectivity index (χ1v) is 9.50. The van der Waals surface area contributed by atoms with Gasteiger partial charge in [0.2, 0.25) is 0 Å². The molecule has 0 radical (unpaired) electrons. The third kappa shape index (κ3) is 2.58. The number of hydrogen-bond donors (Lipinski definition) is 0. The van der Waals surface area contributed by atoms with E-state index in [1.807, 2.05) is 6.07 Å². The number of aromatic nitrogens is 2. The highest BCUT2D eigenvalue weighted by molar-refractivity contribution is 7.99. The van der Waals surface area contributed by atoms with Gasteiger partial charge in [0, 0.05) is 29.0 Å². The summed E-state index contributed by atoms with van der Waals surface area (Å²) < 4.78 is 1.49. The average molecular weight is 384 g/mol. The van der Waals surface area contributed by atoms with Gasteiger partial charge in [-0.3, -0.25) is 19.5 Å². The van der Waals surface area contributed by atoms with Crippen LogP contribution in [0.5, 0.6) is 0 Å². The fraction of sp³-hybridized carbons (Fsp3) is 0.235. The first kappa shape index (κ1) is 16.8. The van der Waals surface area contributed by atoms with Crippen molar-refractivity contribution < 1.29 is 4.92 Å². The molecule has 0 aliphatic heterocycles. The Hall–Kier alpha value is -2.70. The quantitative estimate of drug-likeness (QED) is 0.389. The molecule has 0 bridgehead atoms. The van der Waals surface area contributed by atoms with Gasteiger partial charge in [0.15, 0.2) is 5.16 Å². The molecule has 1 aromatic carbocycles. The summed E-state index contributed by atoms with van der Waals surface area (Å²) in [5.74, 6) is 0. The Bertz CT molecular complexity index is 1170. The van der Waals surface area contributed by atoms with Gasteiger partial charge in [-0.1, -0.05) is 11.8 Å². The van der Waals surface area contributed by atoms with E-state index >= 15 is 0 Å². The molecule has 0 saturated heterocycles. The van der Waals surface area contributed by atoms with Crippen LogP contribution in [-0.2, 0) is 19.9 Å². The smallest absolute Gasteiger partial charge is 0.270 e. The van der Waals surface area contributed by atoms with Crippen LogP contribution in [0.4, 0.5) is 5.69 Å². The molecule has 1 aliphatic rings. The predicted molar refractivity (Wildman–Crippen MR) is 98.8 cm³/mol. The summed E-state index contributed by atoms with van der Waals surface area (Å²) in [5, 5.41) is 21.4. The first-order chi connectivity index (χ1) is 12.5. The second-order valence-corrected chi connectivity index (χ2v) is 8.04. The van der Waals surface area contributed by atoms with E-state index in [-0.39, 0.29) is 16.8 Å². The molecule has 0 amide bonds. The molecule has 2 aromatic heterocycles. The van der Waals surface area contributed by atoms with E-state index in [9.17, 15) is 20.2 Å². The van der Waals surface area contributed by atoms with Gasteiger partial charge >= 0.3 is 0 Å². The van der Waals surface area contributed by atoms with Crippen molar-refractivity contribution in [1.29, 1.82) is 5.26 Å². The highest BCUT2D eigenvalue weighted by Gasteiger charge is 2.23. The van der Waals surface area contributed by atoms with Gasteiger partial charge in [0.05, 0.1) is 15.9 Å². The van der Waals surface area contributed by atoms with E-state index in [0.717, 1.165) is 29.7 Å². The van der Waals surface area contributed by atoms with E-state index in [0.29, 0.717) is 15.4 Å². The van der Waals surface area contributed by atoms with Crippen molar-refractivity contribution in [2.24, 2.45) is 7.05 Å². The van der Waals surface area contributed by atoms with Crippen molar-refractivity contribution in [3.8, 4) is 6.07 Å². The number of nitro benzene ring substituents is 1.